The molecule has 2 heterocycles. The molecule has 0 bridgehead atoms. The van der Waals surface area contributed by atoms with Gasteiger partial charge in [0.25, 0.3) is 0 Å². The van der Waals surface area contributed by atoms with Crippen LogP contribution in [0.25, 0.3) is 0 Å². The van der Waals surface area contributed by atoms with Gasteiger partial charge in [0.2, 0.25) is 10.0 Å². The number of pyridine rings is 1. The fourth-order valence-corrected chi connectivity index (χ4v) is 5.53. The zero-order chi connectivity index (χ0) is 16.3. The van der Waals surface area contributed by atoms with E-state index in [-0.39, 0.29) is 18.4 Å². The van der Waals surface area contributed by atoms with Gasteiger partial charge < -0.3 is 5.32 Å². The van der Waals surface area contributed by atoms with Crippen molar-refractivity contribution in [1.29, 1.82) is 0 Å². The molecule has 1 saturated heterocycles. The Morgan fingerprint density at radius 3 is 2.75 bits per heavy atom. The maximum Gasteiger partial charge on any atom is 0.244 e. The summed E-state index contributed by atoms with van der Waals surface area (Å²) >= 11 is 1.45. The molecule has 1 aromatic heterocycles. The summed E-state index contributed by atoms with van der Waals surface area (Å²) in [7, 11) is -3.56. The van der Waals surface area contributed by atoms with Crippen molar-refractivity contribution in [2.75, 3.05) is 25.9 Å². The number of thioether (sulfide) groups is 1. The summed E-state index contributed by atoms with van der Waals surface area (Å²) in [6.07, 6.45) is 5.33. The van der Waals surface area contributed by atoms with Gasteiger partial charge in [0.15, 0.2) is 0 Å². The van der Waals surface area contributed by atoms with E-state index in [2.05, 4.69) is 10.3 Å². The second kappa shape index (κ2) is 8.31. The van der Waals surface area contributed by atoms with Crippen LogP contribution in [-0.4, -0.2) is 43.6 Å². The zero-order valence-electron chi connectivity index (χ0n) is 13.3. The summed E-state index contributed by atoms with van der Waals surface area (Å²) in [6.45, 7) is 1.69. The Bertz CT molecular complexity index is 772. The number of hydrogen-bond donors (Lipinski definition) is 1. The van der Waals surface area contributed by atoms with Crippen LogP contribution in [0.3, 0.4) is 0 Å². The second-order valence-corrected chi connectivity index (χ2v) is 7.98. The predicted octanol–water partition coefficient (Wildman–Crippen LogP) is 2.56. The lowest BCUT2D eigenvalue weighted by Crippen LogP contribution is -2.48. The van der Waals surface area contributed by atoms with Gasteiger partial charge in [-0.1, -0.05) is 18.2 Å². The first kappa shape index (κ1) is 19.2. The van der Waals surface area contributed by atoms with E-state index < -0.39 is 10.0 Å². The highest BCUT2D eigenvalue weighted by atomic mass is 35.5. The SMILES string of the molecule is CSc1ccccc1S(=O)(=O)N1CCNCC1c1cccnc1.Cl. The number of nitrogens with one attached hydrogen (secondary N) is 1. The fraction of sp³-hybridized carbons (Fsp3) is 0.312. The van der Waals surface area contributed by atoms with Crippen molar-refractivity contribution in [3.05, 3.63) is 54.4 Å². The van der Waals surface area contributed by atoms with Crippen LogP contribution in [0, 0.1) is 0 Å². The first-order valence-corrected chi connectivity index (χ1v) is 10.1. The Hall–Kier alpha value is -1.12. The van der Waals surface area contributed by atoms with Crippen LogP contribution < -0.4 is 5.32 Å². The van der Waals surface area contributed by atoms with Gasteiger partial charge in [-0.3, -0.25) is 4.98 Å². The van der Waals surface area contributed by atoms with Gasteiger partial charge in [-0.2, -0.15) is 4.31 Å². The molecule has 8 heteroatoms. The predicted molar refractivity (Wildman–Crippen MR) is 99.2 cm³/mol. The number of hydrogen-bond acceptors (Lipinski definition) is 5. The monoisotopic (exact) mass is 385 g/mol. The van der Waals surface area contributed by atoms with Crippen molar-refractivity contribution in [1.82, 2.24) is 14.6 Å². The second-order valence-electron chi connectivity index (χ2n) is 5.27. The topological polar surface area (TPSA) is 62.3 Å². The molecule has 24 heavy (non-hydrogen) atoms. The van der Waals surface area contributed by atoms with E-state index in [0.717, 1.165) is 10.5 Å². The Labute approximate surface area is 153 Å². The number of aromatic nitrogens is 1. The average molecular weight is 386 g/mol. The average Bonchev–Trinajstić information content (AvgIpc) is 2.62. The summed E-state index contributed by atoms with van der Waals surface area (Å²) in [5.41, 5.74) is 0.907. The minimum absolute atomic E-state index is 0. The van der Waals surface area contributed by atoms with Gasteiger partial charge in [-0.15, -0.1) is 24.2 Å². The molecular weight excluding hydrogens is 366 g/mol. The summed E-state index contributed by atoms with van der Waals surface area (Å²) in [5.74, 6) is 0. The van der Waals surface area contributed by atoms with Crippen molar-refractivity contribution >= 4 is 34.2 Å². The van der Waals surface area contributed by atoms with Gasteiger partial charge in [0.1, 0.15) is 0 Å². The first-order chi connectivity index (χ1) is 11.1. The molecule has 0 saturated carbocycles. The highest BCUT2D eigenvalue weighted by Gasteiger charge is 2.35. The maximum absolute atomic E-state index is 13.2. The number of nitrogens with zero attached hydrogens (tertiary/aromatic N) is 2. The lowest BCUT2D eigenvalue weighted by molar-refractivity contribution is 0.270. The molecular formula is C16H20ClN3O2S2. The molecule has 1 aromatic carbocycles. The van der Waals surface area contributed by atoms with E-state index >= 15 is 0 Å². The fourth-order valence-electron chi connectivity index (χ4n) is 2.79. The lowest BCUT2D eigenvalue weighted by Gasteiger charge is -2.35. The number of sulfonamides is 1. The van der Waals surface area contributed by atoms with Crippen LogP contribution in [0.2, 0.25) is 0 Å². The van der Waals surface area contributed by atoms with Crippen molar-refractivity contribution in [3.63, 3.8) is 0 Å². The molecule has 3 rings (SSSR count). The lowest BCUT2D eigenvalue weighted by atomic mass is 10.1. The van der Waals surface area contributed by atoms with E-state index in [9.17, 15) is 8.42 Å². The highest BCUT2D eigenvalue weighted by molar-refractivity contribution is 7.99. The van der Waals surface area contributed by atoms with Crippen LogP contribution in [0.4, 0.5) is 0 Å². The van der Waals surface area contributed by atoms with Crippen LogP contribution in [0.5, 0.6) is 0 Å². The van der Waals surface area contributed by atoms with E-state index in [1.807, 2.05) is 30.5 Å². The summed E-state index contributed by atoms with van der Waals surface area (Å²) in [4.78, 5) is 5.28. The van der Waals surface area contributed by atoms with E-state index in [0.29, 0.717) is 24.5 Å². The van der Waals surface area contributed by atoms with Gasteiger partial charge in [-0.05, 0) is 30.0 Å². The zero-order valence-corrected chi connectivity index (χ0v) is 15.7. The maximum atomic E-state index is 13.2. The van der Waals surface area contributed by atoms with E-state index in [1.54, 1.807) is 28.8 Å². The first-order valence-electron chi connectivity index (χ1n) is 7.40. The summed E-state index contributed by atoms with van der Waals surface area (Å²) in [6, 6.07) is 10.7. The van der Waals surface area contributed by atoms with E-state index in [4.69, 9.17) is 0 Å². The van der Waals surface area contributed by atoms with E-state index in [1.165, 1.54) is 11.8 Å². The molecule has 2 aromatic rings. The largest absolute Gasteiger partial charge is 0.313 e. The molecule has 130 valence electrons. The smallest absolute Gasteiger partial charge is 0.244 e. The molecule has 1 aliphatic rings. The van der Waals surface area contributed by atoms with Gasteiger partial charge >= 0.3 is 0 Å². The van der Waals surface area contributed by atoms with Crippen LogP contribution in [0.1, 0.15) is 11.6 Å². The Morgan fingerprint density at radius 2 is 2.04 bits per heavy atom. The standard InChI is InChI=1S/C16H19N3O2S2.ClH/c1-22-15-6-2-3-7-16(15)23(20,21)19-10-9-18-12-14(19)13-5-4-8-17-11-13;/h2-8,11,14,18H,9-10,12H2,1H3;1H. The normalized spacial score (nSPS) is 18.8. The Kier molecular flexibility index (Phi) is 6.65. The molecule has 1 aliphatic heterocycles. The van der Waals surface area contributed by atoms with Gasteiger partial charge in [-0.25, -0.2) is 8.42 Å². The number of piperazine rings is 1. The molecule has 1 fully saturated rings. The number of benzene rings is 1. The third-order valence-corrected chi connectivity index (χ3v) is 6.81. The van der Waals surface area contributed by atoms with Crippen molar-refractivity contribution < 1.29 is 8.42 Å². The van der Waals surface area contributed by atoms with Crippen LogP contribution in [-0.2, 0) is 10.0 Å². The molecule has 0 aliphatic carbocycles. The molecule has 0 amide bonds. The van der Waals surface area contributed by atoms with Crippen LogP contribution in [0.15, 0.2) is 58.6 Å². The van der Waals surface area contributed by atoms with Crippen LogP contribution >= 0.6 is 24.2 Å². The minimum Gasteiger partial charge on any atom is -0.313 e. The molecule has 0 radical (unpaired) electrons. The van der Waals surface area contributed by atoms with Crippen molar-refractivity contribution in [2.45, 2.75) is 15.8 Å². The third-order valence-electron chi connectivity index (χ3n) is 3.92. The molecule has 1 N–H and O–H groups in total. The molecule has 0 spiro atoms. The summed E-state index contributed by atoms with van der Waals surface area (Å²) < 4.78 is 28.0. The van der Waals surface area contributed by atoms with Crippen molar-refractivity contribution in [3.8, 4) is 0 Å². The molecule has 5 nitrogen and oxygen atoms in total. The Balaban J connectivity index is 0.00000208. The minimum atomic E-state index is -3.56. The molecule has 1 atom stereocenters. The Morgan fingerprint density at radius 1 is 1.25 bits per heavy atom. The quantitative estimate of drug-likeness (QED) is 0.819. The van der Waals surface area contributed by atoms with Gasteiger partial charge in [0, 0.05) is 36.9 Å². The van der Waals surface area contributed by atoms with Crippen molar-refractivity contribution in [2.24, 2.45) is 0 Å². The summed E-state index contributed by atoms with van der Waals surface area (Å²) in [5, 5.41) is 3.28. The number of halogens is 1. The number of rotatable bonds is 4. The molecule has 1 unspecified atom stereocenters. The highest BCUT2D eigenvalue weighted by Crippen LogP contribution is 2.32. The third kappa shape index (κ3) is 3.75. The van der Waals surface area contributed by atoms with Gasteiger partial charge in [0.05, 0.1) is 10.9 Å².